The van der Waals surface area contributed by atoms with Crippen molar-refractivity contribution >= 4 is 0 Å². The summed E-state index contributed by atoms with van der Waals surface area (Å²) in [6.45, 7) is 9.04. The zero-order valence-corrected chi connectivity index (χ0v) is 10.2. The van der Waals surface area contributed by atoms with Crippen LogP contribution in [0.1, 0.15) is 25.6 Å². The Bertz CT molecular complexity index is 312. The third-order valence-electron chi connectivity index (χ3n) is 3.28. The van der Waals surface area contributed by atoms with Gasteiger partial charge in [0, 0.05) is 31.9 Å². The van der Waals surface area contributed by atoms with Crippen LogP contribution in [0.15, 0.2) is 24.4 Å². The Morgan fingerprint density at radius 1 is 1.50 bits per heavy atom. The van der Waals surface area contributed by atoms with Gasteiger partial charge < -0.3 is 5.32 Å². The number of pyridine rings is 1. The molecular formula is C13H21N3. The molecular weight excluding hydrogens is 198 g/mol. The molecule has 1 aromatic rings. The normalized spacial score (nSPS) is 25.0. The largest absolute Gasteiger partial charge is 0.315 e. The summed E-state index contributed by atoms with van der Waals surface area (Å²) in [6, 6.07) is 6.58. The molecule has 88 valence electrons. The lowest BCUT2D eigenvalue weighted by molar-refractivity contribution is 0.201. The third-order valence-corrected chi connectivity index (χ3v) is 3.28. The van der Waals surface area contributed by atoms with E-state index in [1.165, 1.54) is 5.69 Å². The number of hydrogen-bond acceptors (Lipinski definition) is 3. The maximum Gasteiger partial charge on any atom is 0.0572 e. The third kappa shape index (κ3) is 2.80. The van der Waals surface area contributed by atoms with Crippen molar-refractivity contribution in [1.29, 1.82) is 0 Å². The molecule has 2 atom stereocenters. The summed E-state index contributed by atoms with van der Waals surface area (Å²) in [5, 5.41) is 3.47. The highest BCUT2D eigenvalue weighted by molar-refractivity contribution is 5.08. The first kappa shape index (κ1) is 11.6. The van der Waals surface area contributed by atoms with Crippen LogP contribution in [0.25, 0.3) is 0 Å². The first-order chi connectivity index (χ1) is 7.77. The van der Waals surface area contributed by atoms with Crippen LogP contribution < -0.4 is 5.32 Å². The topological polar surface area (TPSA) is 28.2 Å². The van der Waals surface area contributed by atoms with Crippen molar-refractivity contribution in [2.75, 3.05) is 26.2 Å². The number of rotatable bonds is 2. The number of hydrogen-bond donors (Lipinski definition) is 1. The van der Waals surface area contributed by atoms with Gasteiger partial charge >= 0.3 is 0 Å². The zero-order chi connectivity index (χ0) is 11.4. The molecule has 1 aromatic heterocycles. The second-order valence-electron chi connectivity index (χ2n) is 4.73. The lowest BCUT2D eigenvalue weighted by Gasteiger charge is -2.28. The summed E-state index contributed by atoms with van der Waals surface area (Å²) in [5.41, 5.74) is 1.18. The summed E-state index contributed by atoms with van der Waals surface area (Å²) < 4.78 is 0. The number of nitrogens with zero attached hydrogens (tertiary/aromatic N) is 2. The zero-order valence-electron chi connectivity index (χ0n) is 10.2. The highest BCUT2D eigenvalue weighted by Crippen LogP contribution is 2.19. The smallest absolute Gasteiger partial charge is 0.0572 e. The monoisotopic (exact) mass is 219 g/mol. The van der Waals surface area contributed by atoms with Crippen LogP contribution in [0.2, 0.25) is 0 Å². The molecule has 1 saturated heterocycles. The van der Waals surface area contributed by atoms with Crippen molar-refractivity contribution in [2.24, 2.45) is 5.92 Å². The second-order valence-corrected chi connectivity index (χ2v) is 4.73. The predicted octanol–water partition coefficient (Wildman–Crippen LogP) is 1.68. The van der Waals surface area contributed by atoms with Gasteiger partial charge in [0.1, 0.15) is 0 Å². The van der Waals surface area contributed by atoms with E-state index in [0.29, 0.717) is 12.0 Å². The molecule has 0 amide bonds. The van der Waals surface area contributed by atoms with E-state index in [1.54, 1.807) is 0 Å². The Balaban J connectivity index is 2.05. The van der Waals surface area contributed by atoms with Crippen LogP contribution in [-0.2, 0) is 0 Å². The van der Waals surface area contributed by atoms with Crippen LogP contribution in [0, 0.1) is 5.92 Å². The molecule has 0 radical (unpaired) electrons. The van der Waals surface area contributed by atoms with Gasteiger partial charge in [-0.15, -0.1) is 0 Å². The van der Waals surface area contributed by atoms with E-state index in [1.807, 2.05) is 12.3 Å². The van der Waals surface area contributed by atoms with Crippen molar-refractivity contribution in [3.05, 3.63) is 30.1 Å². The van der Waals surface area contributed by atoms with Crippen molar-refractivity contribution in [3.8, 4) is 0 Å². The average molecular weight is 219 g/mol. The maximum absolute atomic E-state index is 4.45. The molecule has 3 heteroatoms. The van der Waals surface area contributed by atoms with Crippen molar-refractivity contribution in [1.82, 2.24) is 15.2 Å². The molecule has 2 rings (SSSR count). The van der Waals surface area contributed by atoms with Gasteiger partial charge in [-0.3, -0.25) is 9.88 Å². The molecule has 0 spiro atoms. The Morgan fingerprint density at radius 2 is 2.38 bits per heavy atom. The van der Waals surface area contributed by atoms with Gasteiger partial charge in [-0.05, 0) is 31.5 Å². The minimum absolute atomic E-state index is 0.420. The van der Waals surface area contributed by atoms with Gasteiger partial charge in [-0.1, -0.05) is 13.0 Å². The molecule has 0 aliphatic carbocycles. The van der Waals surface area contributed by atoms with E-state index in [9.17, 15) is 0 Å². The molecule has 0 aromatic carbocycles. The minimum atomic E-state index is 0.420. The Labute approximate surface area is 97.9 Å². The van der Waals surface area contributed by atoms with Crippen molar-refractivity contribution in [3.63, 3.8) is 0 Å². The SMILES string of the molecule is CC1CNCCN(C(C)c2ccccn2)C1. The highest BCUT2D eigenvalue weighted by atomic mass is 15.2. The maximum atomic E-state index is 4.45. The van der Waals surface area contributed by atoms with Crippen LogP contribution in [0.4, 0.5) is 0 Å². The van der Waals surface area contributed by atoms with Crippen LogP contribution in [0.5, 0.6) is 0 Å². The fraction of sp³-hybridized carbons (Fsp3) is 0.615. The summed E-state index contributed by atoms with van der Waals surface area (Å²) in [7, 11) is 0. The van der Waals surface area contributed by atoms with E-state index in [0.717, 1.165) is 26.2 Å². The van der Waals surface area contributed by atoms with Crippen molar-refractivity contribution < 1.29 is 0 Å². The number of nitrogens with one attached hydrogen (secondary N) is 1. The van der Waals surface area contributed by atoms with Gasteiger partial charge in [0.2, 0.25) is 0 Å². The summed E-state index contributed by atoms with van der Waals surface area (Å²) in [5.74, 6) is 0.716. The van der Waals surface area contributed by atoms with Gasteiger partial charge in [0.15, 0.2) is 0 Å². The highest BCUT2D eigenvalue weighted by Gasteiger charge is 2.20. The van der Waals surface area contributed by atoms with Crippen molar-refractivity contribution in [2.45, 2.75) is 19.9 Å². The summed E-state index contributed by atoms with van der Waals surface area (Å²) >= 11 is 0. The minimum Gasteiger partial charge on any atom is -0.315 e. The molecule has 1 fully saturated rings. The Morgan fingerprint density at radius 3 is 3.12 bits per heavy atom. The average Bonchev–Trinajstić information content (AvgIpc) is 2.54. The Kier molecular flexibility index (Phi) is 3.91. The lowest BCUT2D eigenvalue weighted by atomic mass is 10.1. The molecule has 0 saturated carbocycles. The van der Waals surface area contributed by atoms with Gasteiger partial charge in [0.25, 0.3) is 0 Å². The van der Waals surface area contributed by atoms with Crippen LogP contribution in [0.3, 0.4) is 0 Å². The lowest BCUT2D eigenvalue weighted by Crippen LogP contribution is -2.32. The van der Waals surface area contributed by atoms with E-state index in [2.05, 4.69) is 41.2 Å². The molecule has 0 bridgehead atoms. The molecule has 2 heterocycles. The van der Waals surface area contributed by atoms with Gasteiger partial charge in [-0.2, -0.15) is 0 Å². The fourth-order valence-corrected chi connectivity index (χ4v) is 2.29. The molecule has 3 nitrogen and oxygen atoms in total. The van der Waals surface area contributed by atoms with E-state index in [-0.39, 0.29) is 0 Å². The van der Waals surface area contributed by atoms with E-state index >= 15 is 0 Å². The molecule has 2 unspecified atom stereocenters. The standard InChI is InChI=1S/C13H21N3/c1-11-9-14-7-8-16(10-11)12(2)13-5-3-4-6-15-13/h3-6,11-12,14H,7-10H2,1-2H3. The molecule has 1 aliphatic heterocycles. The first-order valence-electron chi connectivity index (χ1n) is 6.13. The Hall–Kier alpha value is -0.930. The second kappa shape index (κ2) is 5.41. The first-order valence-corrected chi connectivity index (χ1v) is 6.13. The quantitative estimate of drug-likeness (QED) is 0.820. The predicted molar refractivity (Wildman–Crippen MR) is 66.3 cm³/mol. The molecule has 16 heavy (non-hydrogen) atoms. The van der Waals surface area contributed by atoms with Crippen LogP contribution in [-0.4, -0.2) is 36.1 Å². The molecule has 1 aliphatic rings. The number of aromatic nitrogens is 1. The van der Waals surface area contributed by atoms with Gasteiger partial charge in [-0.25, -0.2) is 0 Å². The van der Waals surface area contributed by atoms with E-state index < -0.39 is 0 Å². The van der Waals surface area contributed by atoms with E-state index in [4.69, 9.17) is 0 Å². The summed E-state index contributed by atoms with van der Waals surface area (Å²) in [6.07, 6.45) is 1.88. The van der Waals surface area contributed by atoms with Crippen LogP contribution >= 0.6 is 0 Å². The molecule has 1 N–H and O–H groups in total. The van der Waals surface area contributed by atoms with Gasteiger partial charge in [0.05, 0.1) is 5.69 Å². The summed E-state index contributed by atoms with van der Waals surface area (Å²) in [4.78, 5) is 6.97. The fourth-order valence-electron chi connectivity index (χ4n) is 2.29.